The zero-order chi connectivity index (χ0) is 17.2. The number of ether oxygens (including phenoxy) is 2. The van der Waals surface area contributed by atoms with Gasteiger partial charge >= 0.3 is 0 Å². The number of thiazole rings is 1. The molecule has 24 heavy (non-hydrogen) atoms. The smallest absolute Gasteiger partial charge is 0.161 e. The highest BCUT2D eigenvalue weighted by Crippen LogP contribution is 2.47. The van der Waals surface area contributed by atoms with Crippen molar-refractivity contribution in [3.05, 3.63) is 39.8 Å². The molecule has 0 spiro atoms. The number of benzene rings is 1. The highest BCUT2D eigenvalue weighted by atomic mass is 32.2. The number of nitrogens with zero attached hydrogens (tertiary/aromatic N) is 1. The largest absolute Gasteiger partial charge is 0.493 e. The Kier molecular flexibility index (Phi) is 5.67. The maximum atomic E-state index is 5.96. The monoisotopic (exact) mass is 381 g/mol. The van der Waals surface area contributed by atoms with E-state index in [1.165, 1.54) is 17.1 Å². The Balaban J connectivity index is 1.69. The normalized spacial score (nSPS) is 15.7. The lowest BCUT2D eigenvalue weighted by Gasteiger charge is -2.15. The van der Waals surface area contributed by atoms with E-state index in [0.29, 0.717) is 11.2 Å². The summed E-state index contributed by atoms with van der Waals surface area (Å²) in [6, 6.07) is 6.27. The van der Waals surface area contributed by atoms with Crippen molar-refractivity contribution in [2.75, 3.05) is 18.6 Å². The first-order valence-electron chi connectivity index (χ1n) is 7.96. The second kappa shape index (κ2) is 7.58. The number of rotatable bonds is 5. The van der Waals surface area contributed by atoms with Crippen LogP contribution in [0.5, 0.6) is 11.5 Å². The summed E-state index contributed by atoms with van der Waals surface area (Å²) < 4.78 is 12.0. The van der Waals surface area contributed by atoms with Crippen LogP contribution in [0.25, 0.3) is 0 Å². The highest BCUT2D eigenvalue weighted by molar-refractivity contribution is 8.19. The van der Waals surface area contributed by atoms with Crippen molar-refractivity contribution in [1.82, 2.24) is 4.98 Å². The minimum atomic E-state index is 0.0822. The van der Waals surface area contributed by atoms with E-state index >= 15 is 0 Å². The third kappa shape index (κ3) is 4.21. The minimum Gasteiger partial charge on any atom is -0.493 e. The molecule has 0 aliphatic carbocycles. The van der Waals surface area contributed by atoms with Crippen LogP contribution in [0.3, 0.4) is 0 Å². The van der Waals surface area contributed by atoms with Gasteiger partial charge in [0, 0.05) is 22.3 Å². The number of hydrogen-bond acceptors (Lipinski definition) is 6. The maximum Gasteiger partial charge on any atom is 0.161 e. The van der Waals surface area contributed by atoms with Gasteiger partial charge in [-0.15, -0.1) is 34.9 Å². The lowest BCUT2D eigenvalue weighted by Crippen LogP contribution is -2.10. The average molecular weight is 382 g/mol. The second-order valence-electron chi connectivity index (χ2n) is 6.67. The molecule has 0 saturated carbocycles. The minimum absolute atomic E-state index is 0.0822. The molecule has 1 saturated heterocycles. The van der Waals surface area contributed by atoms with Crippen LogP contribution >= 0.6 is 34.9 Å². The van der Waals surface area contributed by atoms with E-state index in [1.807, 2.05) is 29.6 Å². The molecule has 0 radical (unpaired) electrons. The lowest BCUT2D eigenvalue weighted by molar-refractivity contribution is 0.280. The topological polar surface area (TPSA) is 31.4 Å². The zero-order valence-electron chi connectivity index (χ0n) is 14.5. The molecule has 0 unspecified atom stereocenters. The van der Waals surface area contributed by atoms with Crippen LogP contribution in [0.1, 0.15) is 41.6 Å². The maximum absolute atomic E-state index is 5.96. The number of thioether (sulfide) groups is 2. The molecule has 3 nitrogen and oxygen atoms in total. The Labute approximate surface area is 156 Å². The molecule has 2 heterocycles. The summed E-state index contributed by atoms with van der Waals surface area (Å²) in [4.78, 5) is 4.68. The van der Waals surface area contributed by atoms with Crippen LogP contribution in [0.15, 0.2) is 23.6 Å². The fraction of sp³-hybridized carbons (Fsp3) is 0.500. The van der Waals surface area contributed by atoms with Crippen molar-refractivity contribution >= 4 is 34.9 Å². The summed E-state index contributed by atoms with van der Waals surface area (Å²) >= 11 is 5.68. The molecule has 6 heteroatoms. The van der Waals surface area contributed by atoms with Gasteiger partial charge in [0.2, 0.25) is 0 Å². The van der Waals surface area contributed by atoms with E-state index < -0.39 is 0 Å². The SMILES string of the molecule is COc1cc(C2SCCS2)ccc1OCc1csc(C(C)(C)C)n1. The summed E-state index contributed by atoms with van der Waals surface area (Å²) in [7, 11) is 1.70. The van der Waals surface area contributed by atoms with Crippen LogP contribution in [0.2, 0.25) is 0 Å². The Morgan fingerprint density at radius 1 is 1.17 bits per heavy atom. The van der Waals surface area contributed by atoms with E-state index in [0.717, 1.165) is 22.2 Å². The molecule has 0 bridgehead atoms. The van der Waals surface area contributed by atoms with E-state index in [9.17, 15) is 0 Å². The van der Waals surface area contributed by atoms with E-state index in [1.54, 1.807) is 18.4 Å². The second-order valence-corrected chi connectivity index (χ2v) is 10.2. The van der Waals surface area contributed by atoms with E-state index in [4.69, 9.17) is 9.47 Å². The first-order valence-corrected chi connectivity index (χ1v) is 10.9. The quantitative estimate of drug-likeness (QED) is 0.682. The van der Waals surface area contributed by atoms with Gasteiger partial charge in [-0.3, -0.25) is 0 Å². The third-order valence-corrected chi connectivity index (χ3v) is 8.07. The van der Waals surface area contributed by atoms with Gasteiger partial charge < -0.3 is 9.47 Å². The lowest BCUT2D eigenvalue weighted by atomic mass is 9.98. The molecule has 1 fully saturated rings. The molecule has 0 amide bonds. The predicted molar refractivity (Wildman–Crippen MR) is 106 cm³/mol. The van der Waals surface area contributed by atoms with E-state index in [2.05, 4.69) is 43.3 Å². The van der Waals surface area contributed by atoms with Crippen LogP contribution < -0.4 is 9.47 Å². The summed E-state index contributed by atoms with van der Waals surface area (Å²) in [5, 5.41) is 3.21. The van der Waals surface area contributed by atoms with Crippen molar-refractivity contribution in [3.63, 3.8) is 0 Å². The van der Waals surface area contributed by atoms with Gasteiger partial charge in [-0.25, -0.2) is 4.98 Å². The molecule has 1 aliphatic heterocycles. The van der Waals surface area contributed by atoms with Gasteiger partial charge in [0.1, 0.15) is 6.61 Å². The average Bonchev–Trinajstić information content (AvgIpc) is 3.23. The molecule has 0 N–H and O–H groups in total. The first kappa shape index (κ1) is 18.0. The third-order valence-electron chi connectivity index (χ3n) is 3.65. The summed E-state index contributed by atoms with van der Waals surface area (Å²) in [5.74, 6) is 4.01. The van der Waals surface area contributed by atoms with Crippen LogP contribution in [0, 0.1) is 0 Å². The fourth-order valence-electron chi connectivity index (χ4n) is 2.37. The van der Waals surface area contributed by atoms with Gasteiger partial charge in [-0.2, -0.15) is 0 Å². The van der Waals surface area contributed by atoms with Crippen LogP contribution in [-0.2, 0) is 12.0 Å². The number of hydrogen-bond donors (Lipinski definition) is 0. The molecular weight excluding hydrogens is 358 g/mol. The number of methoxy groups -OCH3 is 1. The van der Waals surface area contributed by atoms with Crippen molar-refractivity contribution in [2.24, 2.45) is 0 Å². The molecule has 1 aromatic carbocycles. The van der Waals surface area contributed by atoms with Gasteiger partial charge in [0.25, 0.3) is 0 Å². The van der Waals surface area contributed by atoms with Gasteiger partial charge in [-0.1, -0.05) is 26.8 Å². The molecular formula is C18H23NO2S3. The van der Waals surface area contributed by atoms with Gasteiger partial charge in [-0.05, 0) is 17.7 Å². The van der Waals surface area contributed by atoms with Gasteiger partial charge in [0.15, 0.2) is 11.5 Å². The van der Waals surface area contributed by atoms with Crippen molar-refractivity contribution in [2.45, 2.75) is 37.4 Å². The summed E-state index contributed by atoms with van der Waals surface area (Å²) in [6.07, 6.45) is 0. The van der Waals surface area contributed by atoms with Crippen LogP contribution in [-0.4, -0.2) is 23.6 Å². The fourth-order valence-corrected chi connectivity index (χ4v) is 6.10. The standard InChI is InChI=1S/C18H23NO2S3/c1-18(2,3)17-19-13(11-24-17)10-21-14-6-5-12(9-15(14)20-4)16-22-7-8-23-16/h5-6,9,11,16H,7-8,10H2,1-4H3. The first-order chi connectivity index (χ1) is 11.5. The Hall–Kier alpha value is -0.850. The van der Waals surface area contributed by atoms with E-state index in [-0.39, 0.29) is 5.41 Å². The highest BCUT2D eigenvalue weighted by Gasteiger charge is 2.21. The Bertz CT molecular complexity index is 688. The Morgan fingerprint density at radius 3 is 2.54 bits per heavy atom. The predicted octanol–water partition coefficient (Wildman–Crippen LogP) is 5.51. The van der Waals surface area contributed by atoms with Gasteiger partial charge in [0.05, 0.1) is 22.4 Å². The zero-order valence-corrected chi connectivity index (χ0v) is 16.9. The van der Waals surface area contributed by atoms with Crippen molar-refractivity contribution in [1.29, 1.82) is 0 Å². The summed E-state index contributed by atoms with van der Waals surface area (Å²) in [6.45, 7) is 7.00. The molecule has 2 aromatic rings. The summed E-state index contributed by atoms with van der Waals surface area (Å²) in [5.41, 5.74) is 2.35. The van der Waals surface area contributed by atoms with Crippen LogP contribution in [0.4, 0.5) is 0 Å². The molecule has 3 rings (SSSR count). The molecule has 1 aromatic heterocycles. The molecule has 1 aliphatic rings. The molecule has 130 valence electrons. The van der Waals surface area contributed by atoms with Crippen molar-refractivity contribution < 1.29 is 9.47 Å². The Morgan fingerprint density at radius 2 is 1.92 bits per heavy atom. The van der Waals surface area contributed by atoms with Crippen molar-refractivity contribution in [3.8, 4) is 11.5 Å². The molecule has 0 atom stereocenters. The number of aromatic nitrogens is 1.